The Morgan fingerprint density at radius 3 is 2.37 bits per heavy atom. The van der Waals surface area contributed by atoms with E-state index in [-0.39, 0.29) is 28.9 Å². The molecule has 0 aliphatic carbocycles. The lowest BCUT2D eigenvalue weighted by molar-refractivity contribution is -0.158. The summed E-state index contributed by atoms with van der Waals surface area (Å²) >= 11 is 12.8. The molecule has 1 N–H and O–H groups in total. The molecular formula is C34H49Cl2NO3Si. The minimum absolute atomic E-state index is 0.0271. The second kappa shape index (κ2) is 13.8. The first-order valence-corrected chi connectivity index (χ1v) is 18.6. The van der Waals surface area contributed by atoms with Gasteiger partial charge in [0.2, 0.25) is 5.91 Å². The predicted octanol–water partition coefficient (Wildman–Crippen LogP) is 9.57. The zero-order valence-corrected chi connectivity index (χ0v) is 28.4. The van der Waals surface area contributed by atoms with Gasteiger partial charge in [-0.15, -0.1) is 6.58 Å². The van der Waals surface area contributed by atoms with Crippen LogP contribution in [0.3, 0.4) is 0 Å². The van der Waals surface area contributed by atoms with Gasteiger partial charge in [-0.25, -0.2) is 0 Å². The third kappa shape index (κ3) is 7.86. The number of rotatable bonds is 12. The van der Waals surface area contributed by atoms with Gasteiger partial charge in [0.05, 0.1) is 23.6 Å². The fourth-order valence-electron chi connectivity index (χ4n) is 5.94. The SMILES string of the molecule is C=CC[C@@]1(C)CC(c2cccc(Cl)c2)[C@@H](c2ccc(Cl)cc2)N([C@@H](CC)C(O)CCCO[Si](C)(C)C(C)(C)C)C1=O. The van der Waals surface area contributed by atoms with Crippen molar-refractivity contribution < 1.29 is 14.3 Å². The van der Waals surface area contributed by atoms with Crippen LogP contribution in [0.1, 0.15) is 89.8 Å². The number of halogens is 2. The van der Waals surface area contributed by atoms with E-state index < -0.39 is 19.8 Å². The molecule has 1 saturated heterocycles. The molecule has 0 radical (unpaired) electrons. The molecule has 7 heteroatoms. The molecule has 226 valence electrons. The van der Waals surface area contributed by atoms with Gasteiger partial charge in [0.15, 0.2) is 8.32 Å². The van der Waals surface area contributed by atoms with Gasteiger partial charge in [0.25, 0.3) is 0 Å². The average molecular weight is 619 g/mol. The van der Waals surface area contributed by atoms with Crippen LogP contribution in [0.25, 0.3) is 0 Å². The molecule has 0 spiro atoms. The zero-order chi connectivity index (χ0) is 30.6. The normalized spacial score (nSPS) is 23.4. The lowest BCUT2D eigenvalue weighted by Gasteiger charge is -2.53. The van der Waals surface area contributed by atoms with Gasteiger partial charge in [-0.3, -0.25) is 4.79 Å². The number of carbonyl (C=O) groups excluding carboxylic acids is 1. The van der Waals surface area contributed by atoms with Crippen LogP contribution in [-0.2, 0) is 9.22 Å². The van der Waals surface area contributed by atoms with Crippen LogP contribution in [-0.4, -0.2) is 43.0 Å². The number of amides is 1. The Kier molecular flexibility index (Phi) is 11.4. The van der Waals surface area contributed by atoms with Crippen LogP contribution < -0.4 is 0 Å². The Hall–Kier alpha value is -1.63. The van der Waals surface area contributed by atoms with Crippen LogP contribution in [0.2, 0.25) is 28.2 Å². The van der Waals surface area contributed by atoms with Crippen LogP contribution in [0.5, 0.6) is 0 Å². The van der Waals surface area contributed by atoms with E-state index in [4.69, 9.17) is 27.6 Å². The molecule has 41 heavy (non-hydrogen) atoms. The molecule has 1 fully saturated rings. The summed E-state index contributed by atoms with van der Waals surface area (Å²) in [5.41, 5.74) is 1.42. The highest BCUT2D eigenvalue weighted by molar-refractivity contribution is 6.74. The van der Waals surface area contributed by atoms with Gasteiger partial charge < -0.3 is 14.4 Å². The lowest BCUT2D eigenvalue weighted by atomic mass is 9.66. The van der Waals surface area contributed by atoms with Crippen molar-refractivity contribution >= 4 is 37.4 Å². The number of carbonyl (C=O) groups is 1. The quantitative estimate of drug-likeness (QED) is 0.146. The summed E-state index contributed by atoms with van der Waals surface area (Å²) in [6.45, 7) is 19.9. The summed E-state index contributed by atoms with van der Waals surface area (Å²) in [5.74, 6) is 0.0275. The molecular weight excluding hydrogens is 569 g/mol. The topological polar surface area (TPSA) is 49.8 Å². The summed E-state index contributed by atoms with van der Waals surface area (Å²) in [6.07, 6.45) is 4.28. The Balaban J connectivity index is 2.01. The largest absolute Gasteiger partial charge is 0.417 e. The lowest BCUT2D eigenvalue weighted by Crippen LogP contribution is -2.58. The molecule has 2 aromatic carbocycles. The number of likely N-dealkylation sites (tertiary alicyclic amines) is 1. The van der Waals surface area contributed by atoms with Crippen LogP contribution >= 0.6 is 23.2 Å². The third-order valence-electron chi connectivity index (χ3n) is 9.32. The molecule has 0 saturated carbocycles. The van der Waals surface area contributed by atoms with Gasteiger partial charge in [-0.2, -0.15) is 0 Å². The van der Waals surface area contributed by atoms with Crippen molar-refractivity contribution in [3.05, 3.63) is 82.4 Å². The summed E-state index contributed by atoms with van der Waals surface area (Å²) in [5, 5.41) is 13.1. The number of nitrogens with zero attached hydrogens (tertiary/aromatic N) is 1. The fourth-order valence-corrected chi connectivity index (χ4v) is 7.35. The van der Waals surface area contributed by atoms with Gasteiger partial charge in [0, 0.05) is 22.6 Å². The van der Waals surface area contributed by atoms with E-state index in [9.17, 15) is 9.90 Å². The maximum atomic E-state index is 14.5. The number of aliphatic hydroxyl groups excluding tert-OH is 1. The van der Waals surface area contributed by atoms with E-state index in [0.717, 1.165) is 17.5 Å². The highest BCUT2D eigenvalue weighted by atomic mass is 35.5. The maximum absolute atomic E-state index is 14.5. The summed E-state index contributed by atoms with van der Waals surface area (Å²) in [4.78, 5) is 16.5. The molecule has 1 amide bonds. The minimum atomic E-state index is -1.87. The van der Waals surface area contributed by atoms with Crippen LogP contribution in [0.4, 0.5) is 0 Å². The number of benzene rings is 2. The molecule has 4 nitrogen and oxygen atoms in total. The second-order valence-corrected chi connectivity index (χ2v) is 19.1. The highest BCUT2D eigenvalue weighted by Gasteiger charge is 2.51. The van der Waals surface area contributed by atoms with Crippen molar-refractivity contribution in [3.8, 4) is 0 Å². The van der Waals surface area contributed by atoms with Crippen LogP contribution in [0, 0.1) is 5.41 Å². The Morgan fingerprint density at radius 1 is 1.15 bits per heavy atom. The van der Waals surface area contributed by atoms with Gasteiger partial charge >= 0.3 is 0 Å². The van der Waals surface area contributed by atoms with E-state index in [1.54, 1.807) is 0 Å². The first kappa shape index (κ1) is 33.9. The molecule has 1 heterocycles. The third-order valence-corrected chi connectivity index (χ3v) is 14.3. The first-order valence-electron chi connectivity index (χ1n) is 14.9. The van der Waals surface area contributed by atoms with Crippen molar-refractivity contribution in [3.63, 3.8) is 0 Å². The highest BCUT2D eigenvalue weighted by Crippen LogP contribution is 2.52. The Labute approximate surface area is 259 Å². The van der Waals surface area contributed by atoms with Gasteiger partial charge in [-0.05, 0) is 85.6 Å². The van der Waals surface area contributed by atoms with E-state index in [1.165, 1.54) is 0 Å². The van der Waals surface area contributed by atoms with Gasteiger partial charge in [-0.1, -0.05) is 88.2 Å². The smallest absolute Gasteiger partial charge is 0.229 e. The first-order chi connectivity index (χ1) is 19.1. The number of hydrogen-bond donors (Lipinski definition) is 1. The molecule has 1 aliphatic rings. The number of aliphatic hydroxyl groups is 1. The molecule has 0 aromatic heterocycles. The summed E-state index contributed by atoms with van der Waals surface area (Å²) in [7, 11) is -1.87. The van der Waals surface area contributed by atoms with Gasteiger partial charge in [0.1, 0.15) is 0 Å². The molecule has 1 aliphatic heterocycles. The molecule has 0 bridgehead atoms. The summed E-state index contributed by atoms with van der Waals surface area (Å²) in [6, 6.07) is 15.1. The maximum Gasteiger partial charge on any atom is 0.229 e. The molecule has 3 rings (SSSR count). The molecule has 5 atom stereocenters. The van der Waals surface area contributed by atoms with E-state index >= 15 is 0 Å². The standard InChI is InChI=1S/C34H49Cl2NO3Si/c1-9-20-34(6)23-28(25-13-11-14-27(36)22-25)31(24-16-18-26(35)19-17-24)37(32(34)39)29(10-2)30(38)15-12-21-40-41(7,8)33(3,4)5/h9,11,13-14,16-19,22,28-31,38H,1,10,12,15,20-21,23H2,2-8H3/t28?,29-,30?,31+,34-/m0/s1. The number of allylic oxidation sites excluding steroid dienone is 1. The minimum Gasteiger partial charge on any atom is -0.417 e. The van der Waals surface area contributed by atoms with Crippen molar-refractivity contribution in [1.82, 2.24) is 4.90 Å². The monoisotopic (exact) mass is 617 g/mol. The Bertz CT molecular complexity index is 1180. The van der Waals surface area contributed by atoms with Crippen LogP contribution in [0.15, 0.2) is 61.2 Å². The average Bonchev–Trinajstić information content (AvgIpc) is 2.89. The van der Waals surface area contributed by atoms with Crippen molar-refractivity contribution in [2.24, 2.45) is 5.41 Å². The number of hydrogen-bond acceptors (Lipinski definition) is 3. The number of piperidine rings is 1. The summed E-state index contributed by atoms with van der Waals surface area (Å²) < 4.78 is 6.39. The van der Waals surface area contributed by atoms with E-state index in [2.05, 4.69) is 53.4 Å². The van der Waals surface area contributed by atoms with E-state index in [0.29, 0.717) is 42.3 Å². The zero-order valence-electron chi connectivity index (χ0n) is 25.9. The Morgan fingerprint density at radius 2 is 1.80 bits per heavy atom. The van der Waals surface area contributed by atoms with Crippen molar-refractivity contribution in [1.29, 1.82) is 0 Å². The molecule has 2 unspecified atom stereocenters. The fraction of sp³-hybridized carbons (Fsp3) is 0.559. The predicted molar refractivity (Wildman–Crippen MR) is 175 cm³/mol. The molecule has 2 aromatic rings. The van der Waals surface area contributed by atoms with E-state index in [1.807, 2.05) is 60.4 Å². The van der Waals surface area contributed by atoms with Crippen molar-refractivity contribution in [2.75, 3.05) is 6.61 Å². The second-order valence-electron chi connectivity index (χ2n) is 13.4. The van der Waals surface area contributed by atoms with Crippen molar-refractivity contribution in [2.45, 2.75) is 109 Å².